The molecule has 1 fully saturated rings. The zero-order valence-electron chi connectivity index (χ0n) is 16.2. The lowest BCUT2D eigenvalue weighted by atomic mass is 10.2. The summed E-state index contributed by atoms with van der Waals surface area (Å²) in [6, 6.07) is 7.50. The maximum atomic E-state index is 12.7. The molecule has 0 unspecified atom stereocenters. The quantitative estimate of drug-likeness (QED) is 0.755. The molecule has 3 heterocycles. The van der Waals surface area contributed by atoms with Gasteiger partial charge < -0.3 is 24.0 Å². The number of nitrogens with zero attached hydrogens (tertiary/aromatic N) is 5. The Hall–Kier alpha value is -3.30. The van der Waals surface area contributed by atoms with Crippen LogP contribution in [0.1, 0.15) is 17.4 Å². The van der Waals surface area contributed by atoms with Crippen molar-refractivity contribution in [2.24, 2.45) is 0 Å². The van der Waals surface area contributed by atoms with Crippen LogP contribution in [-0.4, -0.2) is 82.3 Å². The lowest BCUT2D eigenvalue weighted by Crippen LogP contribution is -2.50. The summed E-state index contributed by atoms with van der Waals surface area (Å²) < 4.78 is 18.2. The van der Waals surface area contributed by atoms with E-state index in [0.717, 1.165) is 5.75 Å². The fraction of sp³-hybridized carbons (Fsp3) is 0.474. The van der Waals surface area contributed by atoms with Crippen LogP contribution in [0.2, 0.25) is 0 Å². The van der Waals surface area contributed by atoms with Gasteiger partial charge in [-0.05, 0) is 19.1 Å². The largest absolute Gasteiger partial charge is 0.486 e. The molecule has 1 saturated heterocycles. The SMILES string of the molecule is CCOC(=O)N1CCN(C(=O)c2cn(C[C@H]3COc4ccccc4O3)nn2)CC1. The summed E-state index contributed by atoms with van der Waals surface area (Å²) in [5, 5.41) is 8.05. The van der Waals surface area contributed by atoms with Gasteiger partial charge in [-0.3, -0.25) is 4.79 Å². The first kappa shape index (κ1) is 19.0. The molecule has 0 spiro atoms. The highest BCUT2D eigenvalue weighted by atomic mass is 16.6. The second kappa shape index (κ2) is 8.38. The highest BCUT2D eigenvalue weighted by Crippen LogP contribution is 2.31. The molecule has 0 radical (unpaired) electrons. The molecule has 2 aliphatic rings. The normalized spacial score (nSPS) is 18.4. The van der Waals surface area contributed by atoms with E-state index in [-0.39, 0.29) is 23.8 Å². The first-order valence-electron chi connectivity index (χ1n) is 9.63. The fourth-order valence-electron chi connectivity index (χ4n) is 3.32. The second-order valence-corrected chi connectivity index (χ2v) is 6.80. The molecule has 10 nitrogen and oxygen atoms in total. The van der Waals surface area contributed by atoms with E-state index >= 15 is 0 Å². The molecule has 1 aromatic carbocycles. The van der Waals surface area contributed by atoms with E-state index in [2.05, 4.69) is 10.3 Å². The topological polar surface area (TPSA) is 99.0 Å². The van der Waals surface area contributed by atoms with Gasteiger partial charge in [0.1, 0.15) is 6.61 Å². The van der Waals surface area contributed by atoms with Gasteiger partial charge in [0.05, 0.1) is 19.3 Å². The van der Waals surface area contributed by atoms with Gasteiger partial charge in [-0.15, -0.1) is 5.10 Å². The first-order chi connectivity index (χ1) is 14.1. The molecular formula is C19H23N5O5. The Kier molecular flexibility index (Phi) is 5.50. The Morgan fingerprint density at radius 3 is 2.62 bits per heavy atom. The van der Waals surface area contributed by atoms with Crippen LogP contribution in [0.3, 0.4) is 0 Å². The molecular weight excluding hydrogens is 378 g/mol. The molecule has 2 amide bonds. The predicted molar refractivity (Wildman–Crippen MR) is 101 cm³/mol. The zero-order valence-corrected chi connectivity index (χ0v) is 16.2. The summed E-state index contributed by atoms with van der Waals surface area (Å²) in [6.07, 6.45) is 1.05. The Morgan fingerprint density at radius 1 is 1.14 bits per heavy atom. The fourth-order valence-corrected chi connectivity index (χ4v) is 3.32. The number of fused-ring (bicyclic) bond motifs is 1. The summed E-state index contributed by atoms with van der Waals surface area (Å²) in [7, 11) is 0. The van der Waals surface area contributed by atoms with Crippen LogP contribution < -0.4 is 9.47 Å². The lowest BCUT2D eigenvalue weighted by molar-refractivity contribution is 0.0565. The summed E-state index contributed by atoms with van der Waals surface area (Å²) in [5.74, 6) is 1.21. The molecule has 4 rings (SSSR count). The lowest BCUT2D eigenvalue weighted by Gasteiger charge is -2.33. The van der Waals surface area contributed by atoms with Gasteiger partial charge >= 0.3 is 6.09 Å². The number of hydrogen-bond acceptors (Lipinski definition) is 7. The van der Waals surface area contributed by atoms with Crippen LogP contribution in [0.5, 0.6) is 11.5 Å². The summed E-state index contributed by atoms with van der Waals surface area (Å²) in [5.41, 5.74) is 0.270. The number of piperazine rings is 1. The summed E-state index contributed by atoms with van der Waals surface area (Å²) in [4.78, 5) is 27.7. The molecule has 1 atom stereocenters. The number of hydrogen-bond donors (Lipinski definition) is 0. The van der Waals surface area contributed by atoms with Gasteiger partial charge in [-0.1, -0.05) is 17.3 Å². The number of aromatic nitrogens is 3. The summed E-state index contributed by atoms with van der Waals surface area (Å²) >= 11 is 0. The summed E-state index contributed by atoms with van der Waals surface area (Å²) in [6.45, 7) is 4.66. The Balaban J connectivity index is 1.31. The molecule has 0 bridgehead atoms. The van der Waals surface area contributed by atoms with E-state index < -0.39 is 0 Å². The number of carbonyl (C=O) groups is 2. The second-order valence-electron chi connectivity index (χ2n) is 6.80. The minimum atomic E-state index is -0.346. The minimum absolute atomic E-state index is 0.203. The van der Waals surface area contributed by atoms with Gasteiger partial charge in [0.15, 0.2) is 23.3 Å². The number of para-hydroxylation sites is 2. The van der Waals surface area contributed by atoms with E-state index in [0.29, 0.717) is 51.7 Å². The Labute approximate surface area is 167 Å². The van der Waals surface area contributed by atoms with Crippen molar-refractivity contribution in [3.8, 4) is 11.5 Å². The molecule has 10 heteroatoms. The maximum absolute atomic E-state index is 12.7. The van der Waals surface area contributed by atoms with Crippen LogP contribution in [-0.2, 0) is 11.3 Å². The van der Waals surface area contributed by atoms with Crippen molar-refractivity contribution in [3.05, 3.63) is 36.2 Å². The van der Waals surface area contributed by atoms with E-state index in [1.165, 1.54) is 0 Å². The number of ether oxygens (including phenoxy) is 3. The van der Waals surface area contributed by atoms with Gasteiger partial charge in [-0.25, -0.2) is 9.48 Å². The number of carbonyl (C=O) groups excluding carboxylic acids is 2. The Bertz CT molecular complexity index is 877. The highest BCUT2D eigenvalue weighted by molar-refractivity contribution is 5.92. The average molecular weight is 401 g/mol. The van der Waals surface area contributed by atoms with Crippen LogP contribution in [0, 0.1) is 0 Å². The number of rotatable bonds is 4. The van der Waals surface area contributed by atoms with E-state index in [9.17, 15) is 9.59 Å². The highest BCUT2D eigenvalue weighted by Gasteiger charge is 2.27. The van der Waals surface area contributed by atoms with Crippen molar-refractivity contribution in [2.45, 2.75) is 19.6 Å². The van der Waals surface area contributed by atoms with Crippen molar-refractivity contribution in [1.82, 2.24) is 24.8 Å². The van der Waals surface area contributed by atoms with Crippen molar-refractivity contribution in [2.75, 3.05) is 39.4 Å². The molecule has 0 saturated carbocycles. The first-order valence-corrected chi connectivity index (χ1v) is 9.63. The molecule has 29 heavy (non-hydrogen) atoms. The van der Waals surface area contributed by atoms with Crippen molar-refractivity contribution in [3.63, 3.8) is 0 Å². The van der Waals surface area contributed by atoms with Crippen molar-refractivity contribution in [1.29, 1.82) is 0 Å². The number of benzene rings is 1. The van der Waals surface area contributed by atoms with Gasteiger partial charge in [0.2, 0.25) is 0 Å². The standard InChI is InChI=1S/C19H23N5O5/c1-2-27-19(26)23-9-7-22(8-10-23)18(25)15-12-24(21-20-15)11-14-13-28-16-5-3-4-6-17(16)29-14/h3-6,12,14H,2,7-11,13H2,1H3/t14-/m0/s1. The molecule has 2 aliphatic heterocycles. The van der Waals surface area contributed by atoms with Crippen molar-refractivity contribution >= 4 is 12.0 Å². The minimum Gasteiger partial charge on any atom is -0.486 e. The van der Waals surface area contributed by atoms with Crippen molar-refractivity contribution < 1.29 is 23.8 Å². The van der Waals surface area contributed by atoms with Gasteiger partial charge in [0, 0.05) is 26.2 Å². The van der Waals surface area contributed by atoms with Crippen LogP contribution >= 0.6 is 0 Å². The predicted octanol–water partition coefficient (Wildman–Crippen LogP) is 1.03. The van der Waals surface area contributed by atoms with Crippen LogP contribution in [0.4, 0.5) is 4.79 Å². The van der Waals surface area contributed by atoms with E-state index in [4.69, 9.17) is 14.2 Å². The molecule has 2 aromatic rings. The van der Waals surface area contributed by atoms with Gasteiger partial charge in [-0.2, -0.15) is 0 Å². The molecule has 0 aliphatic carbocycles. The third kappa shape index (κ3) is 4.25. The van der Waals surface area contributed by atoms with E-state index in [1.54, 1.807) is 27.6 Å². The Morgan fingerprint density at radius 2 is 1.86 bits per heavy atom. The third-order valence-corrected chi connectivity index (χ3v) is 4.81. The van der Waals surface area contributed by atoms with E-state index in [1.807, 2.05) is 24.3 Å². The molecule has 0 N–H and O–H groups in total. The van der Waals surface area contributed by atoms with Crippen LogP contribution in [0.25, 0.3) is 0 Å². The molecule has 154 valence electrons. The zero-order chi connectivity index (χ0) is 20.2. The molecule has 1 aromatic heterocycles. The maximum Gasteiger partial charge on any atom is 0.409 e. The smallest absolute Gasteiger partial charge is 0.409 e. The third-order valence-electron chi connectivity index (χ3n) is 4.81. The van der Waals surface area contributed by atoms with Gasteiger partial charge in [0.25, 0.3) is 5.91 Å². The average Bonchev–Trinajstić information content (AvgIpc) is 3.22. The monoisotopic (exact) mass is 401 g/mol. The number of amides is 2. The van der Waals surface area contributed by atoms with Crippen LogP contribution in [0.15, 0.2) is 30.5 Å².